The number of hydrogen-bond acceptors (Lipinski definition) is 2. The van der Waals surface area contributed by atoms with Gasteiger partial charge in [-0.25, -0.2) is 0 Å². The minimum atomic E-state index is -0.253. The topological polar surface area (TPSA) is 49.4 Å². The minimum Gasteiger partial charge on any atom is -0.355 e. The van der Waals surface area contributed by atoms with Gasteiger partial charge in [0.2, 0.25) is 5.91 Å². The van der Waals surface area contributed by atoms with Gasteiger partial charge in [-0.15, -0.1) is 0 Å². The number of carbonyl (C=O) groups excluding carboxylic acids is 2. The van der Waals surface area contributed by atoms with E-state index >= 15 is 0 Å². The Hall–Kier alpha value is -2.10. The number of nitrogens with zero attached hydrogens (tertiary/aromatic N) is 1. The number of rotatable bonds is 3. The number of benzene rings is 1. The van der Waals surface area contributed by atoms with Crippen molar-refractivity contribution < 1.29 is 9.59 Å². The van der Waals surface area contributed by atoms with Crippen LogP contribution in [0.4, 0.5) is 5.69 Å². The number of hydrogen-bond donors (Lipinski definition) is 1. The molecule has 2 amide bonds. The lowest BCUT2D eigenvalue weighted by Gasteiger charge is -2.18. The molecule has 16 heavy (non-hydrogen) atoms. The molecule has 0 unspecified atom stereocenters. The second-order valence-corrected chi connectivity index (χ2v) is 3.20. The first-order chi connectivity index (χ1) is 7.61. The zero-order valence-corrected chi connectivity index (χ0v) is 9.36. The summed E-state index contributed by atoms with van der Waals surface area (Å²) >= 11 is 0. The van der Waals surface area contributed by atoms with Crippen LogP contribution in [0, 0.1) is 0 Å². The van der Waals surface area contributed by atoms with Gasteiger partial charge in [0.25, 0.3) is 5.91 Å². The summed E-state index contributed by atoms with van der Waals surface area (Å²) in [5.41, 5.74) is 1.02. The molecule has 4 nitrogen and oxygen atoms in total. The number of amides is 2. The molecule has 1 aromatic rings. The van der Waals surface area contributed by atoms with E-state index in [1.165, 1.54) is 11.0 Å². The van der Waals surface area contributed by atoms with E-state index in [9.17, 15) is 9.59 Å². The van der Waals surface area contributed by atoms with E-state index in [0.29, 0.717) is 11.3 Å². The minimum absolute atomic E-state index is 0.223. The first-order valence-corrected chi connectivity index (χ1v) is 4.83. The quantitative estimate of drug-likeness (QED) is 0.775. The zero-order valence-electron chi connectivity index (χ0n) is 9.36. The van der Waals surface area contributed by atoms with E-state index in [2.05, 4.69) is 11.9 Å². The van der Waals surface area contributed by atoms with E-state index in [0.717, 1.165) is 0 Å². The van der Waals surface area contributed by atoms with Crippen molar-refractivity contribution in [1.29, 1.82) is 0 Å². The second-order valence-electron chi connectivity index (χ2n) is 3.20. The van der Waals surface area contributed by atoms with Crippen molar-refractivity contribution in [3.05, 3.63) is 42.5 Å². The molecule has 1 N–H and O–H groups in total. The number of carbonyl (C=O) groups is 2. The van der Waals surface area contributed by atoms with E-state index in [4.69, 9.17) is 0 Å². The van der Waals surface area contributed by atoms with Crippen molar-refractivity contribution >= 4 is 17.5 Å². The molecule has 0 saturated carbocycles. The highest BCUT2D eigenvalue weighted by Gasteiger charge is 2.15. The predicted molar refractivity (Wildman–Crippen MR) is 63.4 cm³/mol. The van der Waals surface area contributed by atoms with Crippen LogP contribution in [-0.4, -0.2) is 25.9 Å². The molecule has 0 radical (unpaired) electrons. The number of para-hydroxylation sites is 1. The van der Waals surface area contributed by atoms with Crippen molar-refractivity contribution in [2.24, 2.45) is 0 Å². The van der Waals surface area contributed by atoms with Crippen molar-refractivity contribution in [2.75, 3.05) is 19.0 Å². The van der Waals surface area contributed by atoms with Crippen molar-refractivity contribution in [2.45, 2.75) is 0 Å². The molecule has 0 saturated heterocycles. The van der Waals surface area contributed by atoms with Crippen LogP contribution in [0.2, 0.25) is 0 Å². The Labute approximate surface area is 94.6 Å². The summed E-state index contributed by atoms with van der Waals surface area (Å²) in [5.74, 6) is -0.476. The van der Waals surface area contributed by atoms with Crippen LogP contribution in [0.15, 0.2) is 36.9 Å². The molecule has 84 valence electrons. The van der Waals surface area contributed by atoms with Crippen LogP contribution in [-0.2, 0) is 4.79 Å². The molecule has 0 fully saturated rings. The van der Waals surface area contributed by atoms with Gasteiger partial charge in [-0.3, -0.25) is 9.59 Å². The average Bonchev–Trinajstić information content (AvgIpc) is 2.35. The molecule has 4 heteroatoms. The third-order valence-electron chi connectivity index (χ3n) is 2.24. The fourth-order valence-electron chi connectivity index (χ4n) is 1.35. The van der Waals surface area contributed by atoms with Crippen molar-refractivity contribution in [1.82, 2.24) is 5.32 Å². The molecule has 0 aliphatic heterocycles. The fourth-order valence-corrected chi connectivity index (χ4v) is 1.35. The Kier molecular flexibility index (Phi) is 3.83. The Bertz CT molecular complexity index is 427. The Balaban J connectivity index is 3.17. The molecular weight excluding hydrogens is 204 g/mol. The van der Waals surface area contributed by atoms with E-state index < -0.39 is 0 Å². The molecule has 1 aromatic carbocycles. The molecule has 0 aromatic heterocycles. The van der Waals surface area contributed by atoms with Gasteiger partial charge >= 0.3 is 0 Å². The third-order valence-corrected chi connectivity index (χ3v) is 2.24. The van der Waals surface area contributed by atoms with Gasteiger partial charge in [0.05, 0.1) is 11.3 Å². The standard InChI is InChI=1S/C12H14N2O2/c1-4-11(15)14(3)10-8-6-5-7-9(10)12(16)13-2/h4-8H,1H2,2-3H3,(H,13,16). The molecule has 0 spiro atoms. The summed E-state index contributed by atoms with van der Waals surface area (Å²) in [7, 11) is 3.15. The number of nitrogens with one attached hydrogen (secondary N) is 1. The lowest BCUT2D eigenvalue weighted by atomic mass is 10.1. The smallest absolute Gasteiger partial charge is 0.253 e. The normalized spacial score (nSPS) is 9.38. The molecule has 0 aliphatic carbocycles. The zero-order chi connectivity index (χ0) is 12.1. The van der Waals surface area contributed by atoms with Crippen molar-refractivity contribution in [3.8, 4) is 0 Å². The summed E-state index contributed by atoms with van der Waals surface area (Å²) in [6, 6.07) is 6.90. The highest BCUT2D eigenvalue weighted by molar-refractivity contribution is 6.07. The maximum absolute atomic E-state index is 11.6. The first kappa shape index (κ1) is 12.0. The third kappa shape index (κ3) is 2.28. The molecule has 0 atom stereocenters. The van der Waals surface area contributed by atoms with Gasteiger partial charge in [-0.05, 0) is 18.2 Å². The van der Waals surface area contributed by atoms with Gasteiger partial charge in [0.15, 0.2) is 0 Å². The fraction of sp³-hybridized carbons (Fsp3) is 0.167. The Morgan fingerprint density at radius 3 is 2.56 bits per heavy atom. The summed E-state index contributed by atoms with van der Waals surface area (Å²) < 4.78 is 0. The Morgan fingerprint density at radius 1 is 1.38 bits per heavy atom. The average molecular weight is 218 g/mol. The van der Waals surface area contributed by atoms with Gasteiger partial charge < -0.3 is 10.2 Å². The van der Waals surface area contributed by atoms with Crippen LogP contribution >= 0.6 is 0 Å². The number of likely N-dealkylation sites (N-methyl/N-ethyl adjacent to an activating group) is 1. The van der Waals surface area contributed by atoms with Crippen LogP contribution < -0.4 is 10.2 Å². The molecule has 0 aliphatic rings. The van der Waals surface area contributed by atoms with Crippen LogP contribution in [0.1, 0.15) is 10.4 Å². The van der Waals surface area contributed by atoms with Gasteiger partial charge in [0, 0.05) is 14.1 Å². The second kappa shape index (κ2) is 5.11. The van der Waals surface area contributed by atoms with Gasteiger partial charge in [0.1, 0.15) is 0 Å². The Morgan fingerprint density at radius 2 is 2.00 bits per heavy atom. The SMILES string of the molecule is C=CC(=O)N(C)c1ccccc1C(=O)NC. The van der Waals surface area contributed by atoms with Gasteiger partial charge in [-0.2, -0.15) is 0 Å². The molecular formula is C12H14N2O2. The van der Waals surface area contributed by atoms with Crippen LogP contribution in [0.3, 0.4) is 0 Å². The van der Waals surface area contributed by atoms with Crippen LogP contribution in [0.25, 0.3) is 0 Å². The summed E-state index contributed by atoms with van der Waals surface area (Å²) in [5, 5.41) is 2.53. The predicted octanol–water partition coefficient (Wildman–Crippen LogP) is 1.19. The van der Waals surface area contributed by atoms with Crippen LogP contribution in [0.5, 0.6) is 0 Å². The summed E-state index contributed by atoms with van der Waals surface area (Å²) in [4.78, 5) is 24.4. The van der Waals surface area contributed by atoms with E-state index in [1.807, 2.05) is 0 Å². The van der Waals surface area contributed by atoms with E-state index in [-0.39, 0.29) is 11.8 Å². The maximum Gasteiger partial charge on any atom is 0.253 e. The highest BCUT2D eigenvalue weighted by Crippen LogP contribution is 2.19. The highest BCUT2D eigenvalue weighted by atomic mass is 16.2. The molecule has 0 bridgehead atoms. The molecule has 0 heterocycles. The monoisotopic (exact) mass is 218 g/mol. The largest absolute Gasteiger partial charge is 0.355 e. The lowest BCUT2D eigenvalue weighted by molar-refractivity contribution is -0.113. The first-order valence-electron chi connectivity index (χ1n) is 4.83. The summed E-state index contributed by atoms with van der Waals surface area (Å²) in [6.45, 7) is 3.41. The number of anilines is 1. The summed E-state index contributed by atoms with van der Waals surface area (Å²) in [6.07, 6.45) is 1.21. The van der Waals surface area contributed by atoms with Crippen molar-refractivity contribution in [3.63, 3.8) is 0 Å². The lowest BCUT2D eigenvalue weighted by Crippen LogP contribution is -2.28. The molecule has 1 rings (SSSR count). The van der Waals surface area contributed by atoms with Gasteiger partial charge in [-0.1, -0.05) is 18.7 Å². The van der Waals surface area contributed by atoms with E-state index in [1.54, 1.807) is 38.4 Å². The maximum atomic E-state index is 11.6.